The summed E-state index contributed by atoms with van der Waals surface area (Å²) in [5.74, 6) is -3.20. The first-order valence-corrected chi connectivity index (χ1v) is 12.2. The molecule has 210 valence electrons. The number of rotatable bonds is 9. The van der Waals surface area contributed by atoms with Gasteiger partial charge in [-0.15, -0.1) is 0 Å². The van der Waals surface area contributed by atoms with Gasteiger partial charge in [0.15, 0.2) is 12.4 Å². The molecule has 2 atom stereocenters. The highest BCUT2D eigenvalue weighted by Gasteiger charge is 2.43. The quantitative estimate of drug-likeness (QED) is 0.197. The molecular formula is C27H26F3N5O5. The van der Waals surface area contributed by atoms with E-state index in [2.05, 4.69) is 19.9 Å². The lowest BCUT2D eigenvalue weighted by molar-refractivity contribution is -0.384. The summed E-state index contributed by atoms with van der Waals surface area (Å²) in [6.07, 6.45) is -4.74. The van der Waals surface area contributed by atoms with Crippen molar-refractivity contribution in [1.29, 1.82) is 0 Å². The molecule has 1 aromatic heterocycles. The Labute approximate surface area is 227 Å². The molecule has 0 amide bonds. The smallest absolute Gasteiger partial charge is 0.422 e. The number of non-ortho nitro benzene ring substituents is 1. The van der Waals surface area contributed by atoms with Crippen molar-refractivity contribution in [3.63, 3.8) is 0 Å². The number of nitrogens with zero attached hydrogens (tertiary/aromatic N) is 5. The summed E-state index contributed by atoms with van der Waals surface area (Å²) >= 11 is 0. The number of hydrogen-bond donors (Lipinski definition) is 0. The van der Waals surface area contributed by atoms with E-state index < -0.39 is 35.5 Å². The Morgan fingerprint density at radius 1 is 1.12 bits per heavy atom. The van der Waals surface area contributed by atoms with Gasteiger partial charge in [-0.05, 0) is 32.0 Å². The van der Waals surface area contributed by atoms with E-state index in [1.54, 1.807) is 13.0 Å². The fourth-order valence-corrected chi connectivity index (χ4v) is 4.68. The number of benzene rings is 2. The Balaban J connectivity index is 1.70. The largest absolute Gasteiger partial charge is 0.456 e. The predicted molar refractivity (Wildman–Crippen MR) is 138 cm³/mol. The molecule has 10 nitrogen and oxygen atoms in total. The van der Waals surface area contributed by atoms with Crippen LogP contribution in [0.2, 0.25) is 0 Å². The third-order valence-electron chi connectivity index (χ3n) is 6.31. The number of aromatic nitrogens is 2. The molecule has 0 spiro atoms. The molecule has 0 radical (unpaired) electrons. The summed E-state index contributed by atoms with van der Waals surface area (Å²) in [6.45, 7) is 2.26. The fraction of sp³-hybridized carbons (Fsp3) is 0.333. The number of halogens is 3. The Morgan fingerprint density at radius 3 is 2.52 bits per heavy atom. The highest BCUT2D eigenvalue weighted by molar-refractivity contribution is 6.06. The lowest BCUT2D eigenvalue weighted by atomic mass is 9.75. The molecule has 4 rings (SSSR count). The zero-order chi connectivity index (χ0) is 29.0. The second-order valence-corrected chi connectivity index (χ2v) is 9.46. The lowest BCUT2D eigenvalue weighted by Crippen LogP contribution is -2.35. The zero-order valence-corrected chi connectivity index (χ0v) is 21.9. The highest BCUT2D eigenvalue weighted by Crippen LogP contribution is 2.45. The first-order chi connectivity index (χ1) is 18.9. The first-order valence-electron chi connectivity index (χ1n) is 12.2. The first kappa shape index (κ1) is 28.6. The normalized spacial score (nSPS) is 17.6. The summed E-state index contributed by atoms with van der Waals surface area (Å²) in [5.41, 5.74) is 1.94. The molecule has 40 heavy (non-hydrogen) atoms. The van der Waals surface area contributed by atoms with Gasteiger partial charge in [-0.25, -0.2) is 0 Å². The van der Waals surface area contributed by atoms with Crippen LogP contribution in [-0.2, 0) is 22.6 Å². The van der Waals surface area contributed by atoms with E-state index >= 15 is 0 Å². The van der Waals surface area contributed by atoms with Crippen LogP contribution in [0.4, 0.5) is 18.9 Å². The minimum absolute atomic E-state index is 0.00184. The number of allylic oxidation sites excluding steroid dienone is 2. The van der Waals surface area contributed by atoms with E-state index in [4.69, 9.17) is 4.52 Å². The van der Waals surface area contributed by atoms with E-state index in [0.29, 0.717) is 24.6 Å². The van der Waals surface area contributed by atoms with E-state index in [-0.39, 0.29) is 28.4 Å². The number of carbonyl (C=O) groups is 1. The fourth-order valence-electron chi connectivity index (χ4n) is 4.68. The van der Waals surface area contributed by atoms with E-state index in [1.165, 1.54) is 25.1 Å². The lowest BCUT2D eigenvalue weighted by Gasteiger charge is -2.31. The van der Waals surface area contributed by atoms with Crippen molar-refractivity contribution < 1.29 is 32.1 Å². The molecule has 2 unspecified atom stereocenters. The van der Waals surface area contributed by atoms with Crippen molar-refractivity contribution in [2.75, 3.05) is 13.7 Å². The monoisotopic (exact) mass is 557 g/mol. The number of ether oxygens (including phenoxy) is 1. The summed E-state index contributed by atoms with van der Waals surface area (Å²) in [6, 6.07) is 15.2. The number of nitro benzene ring substituents is 1. The number of alkyl halides is 3. The molecule has 0 saturated carbocycles. The molecule has 1 aliphatic heterocycles. The Hall–Kier alpha value is -4.39. The molecular weight excluding hydrogens is 531 g/mol. The molecule has 0 N–H and O–H groups in total. The minimum atomic E-state index is -4.74. The SMILES string of the molecule is CC1=NC(C)=C(c2nc(CN(C)Cc3ccccc3)no2)C(c2cccc([N+](=O)[O-])c2)C1C(=O)OCC(F)(F)F. The highest BCUT2D eigenvalue weighted by atomic mass is 19.4. The number of esters is 1. The van der Waals surface area contributed by atoms with Gasteiger partial charge in [-0.3, -0.25) is 24.8 Å². The third-order valence-corrected chi connectivity index (χ3v) is 6.31. The standard InChI is InChI=1S/C27H26F3N5O5/c1-16-22(25-32-21(33-40-25)14-34(3)13-18-8-5-4-6-9-18)24(19-10-7-11-20(12-19)35(37)38)23(17(2)31-16)26(36)39-15-27(28,29)30/h4-12,23-24H,13-15H2,1-3H3. The minimum Gasteiger partial charge on any atom is -0.456 e. The number of aliphatic imine (C=N–C) groups is 1. The predicted octanol–water partition coefficient (Wildman–Crippen LogP) is 5.32. The van der Waals surface area contributed by atoms with Gasteiger partial charge in [0.1, 0.15) is 5.92 Å². The van der Waals surface area contributed by atoms with Gasteiger partial charge < -0.3 is 9.26 Å². The Bertz CT molecular complexity index is 1450. The molecule has 1 aliphatic rings. The molecule has 13 heteroatoms. The molecule has 2 heterocycles. The van der Waals surface area contributed by atoms with Crippen LogP contribution in [0, 0.1) is 16.0 Å². The van der Waals surface area contributed by atoms with Gasteiger partial charge in [0, 0.05) is 41.6 Å². The van der Waals surface area contributed by atoms with Gasteiger partial charge in [0.05, 0.1) is 11.5 Å². The maximum atomic E-state index is 13.0. The van der Waals surface area contributed by atoms with Gasteiger partial charge >= 0.3 is 12.1 Å². The molecule has 0 bridgehead atoms. The van der Waals surface area contributed by atoms with Crippen molar-refractivity contribution >= 4 is 22.9 Å². The second kappa shape index (κ2) is 11.8. The van der Waals surface area contributed by atoms with Crippen LogP contribution in [0.1, 0.15) is 42.6 Å². The van der Waals surface area contributed by atoms with Crippen molar-refractivity contribution in [2.45, 2.75) is 39.0 Å². The van der Waals surface area contributed by atoms with Crippen LogP contribution in [0.15, 0.2) is 69.8 Å². The van der Waals surface area contributed by atoms with Crippen LogP contribution in [-0.4, -0.2) is 51.5 Å². The summed E-state index contributed by atoms with van der Waals surface area (Å²) in [5, 5.41) is 15.5. The summed E-state index contributed by atoms with van der Waals surface area (Å²) in [4.78, 5) is 34.8. The van der Waals surface area contributed by atoms with Gasteiger partial charge in [-0.1, -0.05) is 47.6 Å². The van der Waals surface area contributed by atoms with Gasteiger partial charge in [0.2, 0.25) is 0 Å². The van der Waals surface area contributed by atoms with Crippen molar-refractivity contribution in [3.05, 3.63) is 93.3 Å². The zero-order valence-electron chi connectivity index (χ0n) is 21.9. The number of hydrogen-bond acceptors (Lipinski definition) is 9. The van der Waals surface area contributed by atoms with Crippen LogP contribution < -0.4 is 0 Å². The third kappa shape index (κ3) is 6.78. The van der Waals surface area contributed by atoms with Gasteiger partial charge in [0.25, 0.3) is 11.6 Å². The molecule has 0 aliphatic carbocycles. The molecule has 0 saturated heterocycles. The van der Waals surface area contributed by atoms with E-state index in [0.717, 1.165) is 5.56 Å². The Morgan fingerprint density at radius 2 is 1.85 bits per heavy atom. The second-order valence-electron chi connectivity index (χ2n) is 9.46. The van der Waals surface area contributed by atoms with Crippen LogP contribution >= 0.6 is 0 Å². The van der Waals surface area contributed by atoms with Crippen molar-refractivity contribution in [1.82, 2.24) is 15.0 Å². The molecule has 0 fully saturated rings. The summed E-state index contributed by atoms with van der Waals surface area (Å²) in [7, 11) is 1.88. The van der Waals surface area contributed by atoms with Crippen LogP contribution in [0.3, 0.4) is 0 Å². The van der Waals surface area contributed by atoms with Crippen molar-refractivity contribution in [3.8, 4) is 0 Å². The summed E-state index contributed by atoms with van der Waals surface area (Å²) < 4.78 is 48.7. The van der Waals surface area contributed by atoms with Crippen LogP contribution in [0.5, 0.6) is 0 Å². The van der Waals surface area contributed by atoms with Crippen molar-refractivity contribution in [2.24, 2.45) is 10.9 Å². The average molecular weight is 558 g/mol. The van der Waals surface area contributed by atoms with Crippen LogP contribution in [0.25, 0.3) is 5.57 Å². The number of nitro groups is 1. The Kier molecular flexibility index (Phi) is 8.43. The molecule has 2 aromatic carbocycles. The molecule has 3 aromatic rings. The average Bonchev–Trinajstić information content (AvgIpc) is 3.34. The van der Waals surface area contributed by atoms with Gasteiger partial charge in [-0.2, -0.15) is 18.2 Å². The maximum Gasteiger partial charge on any atom is 0.422 e. The number of carbonyl (C=O) groups excluding carboxylic acids is 1. The van der Waals surface area contributed by atoms with E-state index in [1.807, 2.05) is 42.3 Å². The topological polar surface area (TPSA) is 124 Å². The maximum absolute atomic E-state index is 13.0. The van der Waals surface area contributed by atoms with E-state index in [9.17, 15) is 28.1 Å².